The molecule has 1 atom stereocenters. The number of aliphatic hydroxyl groups excluding tert-OH is 1. The molecule has 5 nitrogen and oxygen atoms in total. The Labute approximate surface area is 129 Å². The minimum Gasteiger partial charge on any atom is -0.491 e. The molecule has 1 N–H and O–H groups in total. The second-order valence-electron chi connectivity index (χ2n) is 4.86. The Morgan fingerprint density at radius 1 is 1.38 bits per heavy atom. The molecule has 1 aromatic carbocycles. The second kappa shape index (κ2) is 8.20. The number of rotatable bonds is 6. The standard InChI is InChI=1S/C15H18ClNO4/c16-15-7-14(2-1-11(15)8-17)21-10-12(18)9-20-13-3-5-19-6-4-13/h1-2,7,12-13,18H,3-6,9-10H2. The predicted molar refractivity (Wildman–Crippen MR) is 77.5 cm³/mol. The molecule has 0 saturated carbocycles. The summed E-state index contributed by atoms with van der Waals surface area (Å²) in [6.07, 6.45) is 1.16. The first kappa shape index (κ1) is 16.1. The van der Waals surface area contributed by atoms with Gasteiger partial charge in [-0.25, -0.2) is 0 Å². The Morgan fingerprint density at radius 2 is 2.14 bits per heavy atom. The maximum atomic E-state index is 9.84. The molecule has 1 saturated heterocycles. The van der Waals surface area contributed by atoms with Crippen molar-refractivity contribution in [3.8, 4) is 11.8 Å². The molecule has 21 heavy (non-hydrogen) atoms. The van der Waals surface area contributed by atoms with Gasteiger partial charge in [0, 0.05) is 19.3 Å². The van der Waals surface area contributed by atoms with Gasteiger partial charge in [-0.05, 0) is 25.0 Å². The van der Waals surface area contributed by atoms with Crippen molar-refractivity contribution in [1.29, 1.82) is 5.26 Å². The number of hydrogen-bond acceptors (Lipinski definition) is 5. The van der Waals surface area contributed by atoms with Gasteiger partial charge >= 0.3 is 0 Å². The molecule has 0 radical (unpaired) electrons. The Bertz CT molecular complexity index is 497. The molecule has 0 amide bonds. The summed E-state index contributed by atoms with van der Waals surface area (Å²) in [6, 6.07) is 6.77. The van der Waals surface area contributed by atoms with Gasteiger partial charge in [0.05, 0.1) is 23.3 Å². The normalized spacial score (nSPS) is 17.2. The fraction of sp³-hybridized carbons (Fsp3) is 0.533. The van der Waals surface area contributed by atoms with Crippen LogP contribution >= 0.6 is 11.6 Å². The summed E-state index contributed by atoms with van der Waals surface area (Å²) in [6.45, 7) is 1.77. The second-order valence-corrected chi connectivity index (χ2v) is 5.27. The molecule has 0 spiro atoms. The van der Waals surface area contributed by atoms with Gasteiger partial charge in [-0.15, -0.1) is 0 Å². The third kappa shape index (κ3) is 5.18. The van der Waals surface area contributed by atoms with Crippen LogP contribution in [0.3, 0.4) is 0 Å². The van der Waals surface area contributed by atoms with Crippen molar-refractivity contribution >= 4 is 11.6 Å². The van der Waals surface area contributed by atoms with Crippen molar-refractivity contribution < 1.29 is 19.3 Å². The molecule has 1 aliphatic rings. The van der Waals surface area contributed by atoms with E-state index >= 15 is 0 Å². The highest BCUT2D eigenvalue weighted by Gasteiger charge is 2.16. The summed E-state index contributed by atoms with van der Waals surface area (Å²) in [5.74, 6) is 0.518. The molecule has 6 heteroatoms. The lowest BCUT2D eigenvalue weighted by molar-refractivity contribution is -0.0659. The summed E-state index contributed by atoms with van der Waals surface area (Å²) < 4.78 is 16.3. The highest BCUT2D eigenvalue weighted by atomic mass is 35.5. The molecule has 1 aromatic rings. The van der Waals surface area contributed by atoms with Crippen LogP contribution in [0.4, 0.5) is 0 Å². The van der Waals surface area contributed by atoms with Gasteiger partial charge in [-0.1, -0.05) is 11.6 Å². The van der Waals surface area contributed by atoms with Gasteiger partial charge in [-0.3, -0.25) is 0 Å². The van der Waals surface area contributed by atoms with Crippen molar-refractivity contribution in [3.63, 3.8) is 0 Å². The van der Waals surface area contributed by atoms with Crippen LogP contribution in [-0.2, 0) is 9.47 Å². The SMILES string of the molecule is N#Cc1ccc(OCC(O)COC2CCOCC2)cc1Cl. The molecule has 1 aliphatic heterocycles. The first-order chi connectivity index (χ1) is 10.2. The maximum absolute atomic E-state index is 9.84. The van der Waals surface area contributed by atoms with E-state index in [-0.39, 0.29) is 19.3 Å². The molecule has 1 heterocycles. The number of halogens is 1. The van der Waals surface area contributed by atoms with Crippen LogP contribution in [0.5, 0.6) is 5.75 Å². The first-order valence-electron chi connectivity index (χ1n) is 6.89. The quantitative estimate of drug-likeness (QED) is 0.871. The van der Waals surface area contributed by atoms with E-state index in [2.05, 4.69) is 0 Å². The van der Waals surface area contributed by atoms with Crippen molar-refractivity contribution in [2.45, 2.75) is 25.0 Å². The van der Waals surface area contributed by atoms with E-state index in [4.69, 9.17) is 31.1 Å². The Morgan fingerprint density at radius 3 is 2.81 bits per heavy atom. The molecule has 0 aromatic heterocycles. The van der Waals surface area contributed by atoms with Crippen molar-refractivity contribution in [3.05, 3.63) is 28.8 Å². The summed E-state index contributed by atoms with van der Waals surface area (Å²) in [5, 5.41) is 19.0. The fourth-order valence-electron chi connectivity index (χ4n) is 2.01. The van der Waals surface area contributed by atoms with Crippen LogP contribution in [0.25, 0.3) is 0 Å². The topological polar surface area (TPSA) is 71.7 Å². The van der Waals surface area contributed by atoms with E-state index in [0.717, 1.165) is 12.8 Å². The molecule has 1 unspecified atom stereocenters. The first-order valence-corrected chi connectivity index (χ1v) is 7.26. The predicted octanol–water partition coefficient (Wildman–Crippen LogP) is 2.15. The molecular formula is C15H18ClNO4. The number of benzene rings is 1. The van der Waals surface area contributed by atoms with E-state index in [1.165, 1.54) is 0 Å². The summed E-state index contributed by atoms with van der Waals surface area (Å²) in [7, 11) is 0. The highest BCUT2D eigenvalue weighted by Crippen LogP contribution is 2.22. The van der Waals surface area contributed by atoms with E-state index in [1.807, 2.05) is 6.07 Å². The molecule has 1 fully saturated rings. The van der Waals surface area contributed by atoms with E-state index in [1.54, 1.807) is 18.2 Å². The lowest BCUT2D eigenvalue weighted by atomic mass is 10.1. The van der Waals surface area contributed by atoms with Crippen LogP contribution < -0.4 is 4.74 Å². The lowest BCUT2D eigenvalue weighted by Crippen LogP contribution is -2.30. The monoisotopic (exact) mass is 311 g/mol. The zero-order valence-corrected chi connectivity index (χ0v) is 12.4. The molecule has 2 rings (SSSR count). The van der Waals surface area contributed by atoms with Gasteiger partial charge in [-0.2, -0.15) is 5.26 Å². The van der Waals surface area contributed by atoms with Crippen LogP contribution in [0, 0.1) is 11.3 Å². The van der Waals surface area contributed by atoms with Crippen LogP contribution in [0.15, 0.2) is 18.2 Å². The third-order valence-corrected chi connectivity index (χ3v) is 3.51. The highest BCUT2D eigenvalue weighted by molar-refractivity contribution is 6.31. The molecular weight excluding hydrogens is 294 g/mol. The van der Waals surface area contributed by atoms with E-state index < -0.39 is 6.10 Å². The number of hydrogen-bond donors (Lipinski definition) is 1. The Balaban J connectivity index is 1.72. The number of aliphatic hydroxyl groups is 1. The van der Waals surface area contributed by atoms with Crippen LogP contribution in [-0.4, -0.2) is 43.7 Å². The number of nitrogens with zero attached hydrogens (tertiary/aromatic N) is 1. The summed E-state index contributed by atoms with van der Waals surface area (Å²) in [5.41, 5.74) is 0.396. The molecule has 0 bridgehead atoms. The molecule has 114 valence electrons. The zero-order chi connectivity index (χ0) is 15.1. The van der Waals surface area contributed by atoms with Crippen LogP contribution in [0.2, 0.25) is 5.02 Å². The zero-order valence-electron chi connectivity index (χ0n) is 11.6. The fourth-order valence-corrected chi connectivity index (χ4v) is 2.22. The molecule has 0 aliphatic carbocycles. The lowest BCUT2D eigenvalue weighted by Gasteiger charge is -2.23. The van der Waals surface area contributed by atoms with Crippen LogP contribution in [0.1, 0.15) is 18.4 Å². The van der Waals surface area contributed by atoms with Crippen molar-refractivity contribution in [1.82, 2.24) is 0 Å². The largest absolute Gasteiger partial charge is 0.491 e. The van der Waals surface area contributed by atoms with E-state index in [9.17, 15) is 5.11 Å². The van der Waals surface area contributed by atoms with Crippen molar-refractivity contribution in [2.75, 3.05) is 26.4 Å². The van der Waals surface area contributed by atoms with Gasteiger partial charge in [0.25, 0.3) is 0 Å². The maximum Gasteiger partial charge on any atom is 0.121 e. The average Bonchev–Trinajstić information content (AvgIpc) is 2.52. The Kier molecular flexibility index (Phi) is 6.27. The Hall–Kier alpha value is -1.32. The summed E-state index contributed by atoms with van der Waals surface area (Å²) in [4.78, 5) is 0. The average molecular weight is 312 g/mol. The number of ether oxygens (including phenoxy) is 3. The minimum atomic E-state index is -0.706. The number of nitriles is 1. The van der Waals surface area contributed by atoms with E-state index in [0.29, 0.717) is 29.5 Å². The minimum absolute atomic E-state index is 0.117. The van der Waals surface area contributed by atoms with Gasteiger partial charge in [0.15, 0.2) is 0 Å². The van der Waals surface area contributed by atoms with Crippen molar-refractivity contribution in [2.24, 2.45) is 0 Å². The van der Waals surface area contributed by atoms with Gasteiger partial charge < -0.3 is 19.3 Å². The third-order valence-electron chi connectivity index (χ3n) is 3.20. The van der Waals surface area contributed by atoms with Gasteiger partial charge in [0.2, 0.25) is 0 Å². The van der Waals surface area contributed by atoms with Gasteiger partial charge in [0.1, 0.15) is 24.5 Å². The summed E-state index contributed by atoms with van der Waals surface area (Å²) >= 11 is 5.91. The smallest absolute Gasteiger partial charge is 0.121 e.